The summed E-state index contributed by atoms with van der Waals surface area (Å²) < 4.78 is 26.6. The Kier molecular flexibility index (Phi) is 3.46. The molecule has 0 radical (unpaired) electrons. The summed E-state index contributed by atoms with van der Waals surface area (Å²) in [6.07, 6.45) is 0. The Morgan fingerprint density at radius 1 is 1.11 bits per heavy atom. The van der Waals surface area contributed by atoms with Crippen LogP contribution in [0.2, 0.25) is 0 Å². The predicted octanol–water partition coefficient (Wildman–Crippen LogP) is 3.49. The maximum absolute atomic E-state index is 13.7. The van der Waals surface area contributed by atoms with Gasteiger partial charge in [0.05, 0.1) is 11.4 Å². The second-order valence-electron chi connectivity index (χ2n) is 4.10. The molecule has 0 bridgehead atoms. The number of hydrogen-bond donors (Lipinski definition) is 1. The van der Waals surface area contributed by atoms with Crippen molar-refractivity contribution < 1.29 is 13.6 Å². The van der Waals surface area contributed by atoms with Gasteiger partial charge in [-0.2, -0.15) is 0 Å². The van der Waals surface area contributed by atoms with E-state index < -0.39 is 17.7 Å². The van der Waals surface area contributed by atoms with E-state index in [0.29, 0.717) is 11.8 Å². The van der Waals surface area contributed by atoms with E-state index >= 15 is 0 Å². The molecule has 0 aliphatic heterocycles. The van der Waals surface area contributed by atoms with Crippen LogP contribution in [-0.4, -0.2) is 6.03 Å². The lowest BCUT2D eigenvalue weighted by Gasteiger charge is -2.21. The number of nitrogens with zero attached hydrogens (tertiary/aromatic N) is 1. The topological polar surface area (TPSA) is 46.3 Å². The standard InChI is InChI=1S/C14H12F2N2O/c1-9-2-5-11(6-3-9)18(14(17)19)13-7-4-10(15)8-12(13)16/h2-8H,1H3,(H2,17,19). The largest absolute Gasteiger partial charge is 0.351 e. The van der Waals surface area contributed by atoms with Gasteiger partial charge in [0.25, 0.3) is 0 Å². The first-order chi connectivity index (χ1) is 8.99. The third kappa shape index (κ3) is 2.70. The fraction of sp³-hybridized carbons (Fsp3) is 0.0714. The summed E-state index contributed by atoms with van der Waals surface area (Å²) in [6, 6.07) is 8.94. The van der Waals surface area contributed by atoms with Gasteiger partial charge in [-0.25, -0.2) is 13.6 Å². The Morgan fingerprint density at radius 2 is 1.74 bits per heavy atom. The van der Waals surface area contributed by atoms with Crippen LogP contribution in [0.15, 0.2) is 42.5 Å². The number of rotatable bonds is 2. The van der Waals surface area contributed by atoms with Gasteiger partial charge in [0, 0.05) is 6.07 Å². The molecule has 98 valence electrons. The first-order valence-corrected chi connectivity index (χ1v) is 5.60. The zero-order chi connectivity index (χ0) is 14.0. The van der Waals surface area contributed by atoms with E-state index in [2.05, 4.69) is 0 Å². The van der Waals surface area contributed by atoms with Crippen LogP contribution in [0.3, 0.4) is 0 Å². The Labute approximate surface area is 109 Å². The lowest BCUT2D eigenvalue weighted by molar-refractivity contribution is 0.256. The highest BCUT2D eigenvalue weighted by Gasteiger charge is 2.19. The predicted molar refractivity (Wildman–Crippen MR) is 69.3 cm³/mol. The van der Waals surface area contributed by atoms with Gasteiger partial charge in [-0.3, -0.25) is 4.90 Å². The monoisotopic (exact) mass is 262 g/mol. The summed E-state index contributed by atoms with van der Waals surface area (Å²) in [4.78, 5) is 12.5. The van der Waals surface area contributed by atoms with Crippen molar-refractivity contribution in [2.75, 3.05) is 4.90 Å². The molecular weight excluding hydrogens is 250 g/mol. The smallest absolute Gasteiger partial charge is 0.323 e. The van der Waals surface area contributed by atoms with Crippen LogP contribution < -0.4 is 10.6 Å². The zero-order valence-electron chi connectivity index (χ0n) is 10.2. The fourth-order valence-electron chi connectivity index (χ4n) is 1.74. The molecule has 2 aromatic carbocycles. The zero-order valence-corrected chi connectivity index (χ0v) is 10.2. The summed E-state index contributed by atoms with van der Waals surface area (Å²) in [7, 11) is 0. The van der Waals surface area contributed by atoms with Crippen molar-refractivity contribution >= 4 is 17.4 Å². The molecular formula is C14H12F2N2O. The lowest BCUT2D eigenvalue weighted by atomic mass is 10.2. The molecule has 2 N–H and O–H groups in total. The summed E-state index contributed by atoms with van der Waals surface area (Å²) in [5.41, 5.74) is 6.60. The third-order valence-electron chi connectivity index (χ3n) is 2.66. The maximum atomic E-state index is 13.7. The molecule has 19 heavy (non-hydrogen) atoms. The molecule has 2 rings (SSSR count). The number of benzene rings is 2. The molecule has 0 heterocycles. The van der Waals surface area contributed by atoms with Crippen LogP contribution in [0.1, 0.15) is 5.56 Å². The van der Waals surface area contributed by atoms with Crippen molar-refractivity contribution in [3.63, 3.8) is 0 Å². The van der Waals surface area contributed by atoms with Gasteiger partial charge in [-0.05, 0) is 31.2 Å². The number of primary amides is 1. The molecule has 5 heteroatoms. The van der Waals surface area contributed by atoms with Crippen LogP contribution in [0.4, 0.5) is 25.0 Å². The van der Waals surface area contributed by atoms with Crippen LogP contribution in [0.25, 0.3) is 0 Å². The van der Waals surface area contributed by atoms with Gasteiger partial charge in [0.15, 0.2) is 0 Å². The number of nitrogens with two attached hydrogens (primary N) is 1. The average Bonchev–Trinajstić information content (AvgIpc) is 2.34. The Morgan fingerprint density at radius 3 is 2.26 bits per heavy atom. The number of urea groups is 1. The molecule has 0 spiro atoms. The first kappa shape index (κ1) is 13.0. The van der Waals surface area contributed by atoms with E-state index in [1.165, 1.54) is 6.07 Å². The molecule has 0 unspecified atom stereocenters. The Hall–Kier alpha value is -2.43. The summed E-state index contributed by atoms with van der Waals surface area (Å²) >= 11 is 0. The summed E-state index contributed by atoms with van der Waals surface area (Å²) in [5.74, 6) is -1.56. The molecule has 0 atom stereocenters. The number of amides is 2. The first-order valence-electron chi connectivity index (χ1n) is 5.60. The number of anilines is 2. The van der Waals surface area contributed by atoms with Crippen LogP contribution in [-0.2, 0) is 0 Å². The van der Waals surface area contributed by atoms with E-state index in [1.54, 1.807) is 24.3 Å². The van der Waals surface area contributed by atoms with E-state index in [4.69, 9.17) is 5.73 Å². The third-order valence-corrected chi connectivity index (χ3v) is 2.66. The minimum Gasteiger partial charge on any atom is -0.351 e. The van der Waals surface area contributed by atoms with Crippen molar-refractivity contribution in [2.24, 2.45) is 5.73 Å². The minimum absolute atomic E-state index is 0.0854. The minimum atomic E-state index is -0.848. The number of carbonyl (C=O) groups excluding carboxylic acids is 1. The molecule has 0 aromatic heterocycles. The van der Waals surface area contributed by atoms with Gasteiger partial charge >= 0.3 is 6.03 Å². The fourth-order valence-corrected chi connectivity index (χ4v) is 1.74. The molecule has 0 aliphatic rings. The van der Waals surface area contributed by atoms with Crippen molar-refractivity contribution in [2.45, 2.75) is 6.92 Å². The van der Waals surface area contributed by atoms with Gasteiger partial charge < -0.3 is 5.73 Å². The SMILES string of the molecule is Cc1ccc(N(C(N)=O)c2ccc(F)cc2F)cc1. The molecule has 2 amide bonds. The number of halogens is 2. The summed E-state index contributed by atoms with van der Waals surface area (Å²) in [5, 5.41) is 0. The van der Waals surface area contributed by atoms with Gasteiger partial charge in [-0.1, -0.05) is 17.7 Å². The van der Waals surface area contributed by atoms with Crippen LogP contribution >= 0.6 is 0 Å². The Balaban J connectivity index is 2.51. The van der Waals surface area contributed by atoms with Gasteiger partial charge in [-0.15, -0.1) is 0 Å². The van der Waals surface area contributed by atoms with Crippen LogP contribution in [0.5, 0.6) is 0 Å². The molecule has 0 aliphatic carbocycles. The molecule has 3 nitrogen and oxygen atoms in total. The highest BCUT2D eigenvalue weighted by molar-refractivity contribution is 5.98. The molecule has 0 saturated heterocycles. The average molecular weight is 262 g/mol. The second kappa shape index (κ2) is 5.06. The summed E-state index contributed by atoms with van der Waals surface area (Å²) in [6.45, 7) is 1.89. The number of hydrogen-bond acceptors (Lipinski definition) is 1. The van der Waals surface area contributed by atoms with Gasteiger partial charge in [0.2, 0.25) is 0 Å². The van der Waals surface area contributed by atoms with Crippen molar-refractivity contribution in [1.82, 2.24) is 0 Å². The van der Waals surface area contributed by atoms with Crippen LogP contribution in [0, 0.1) is 18.6 Å². The van der Waals surface area contributed by atoms with E-state index in [9.17, 15) is 13.6 Å². The van der Waals surface area contributed by atoms with Gasteiger partial charge in [0.1, 0.15) is 11.6 Å². The normalized spacial score (nSPS) is 10.3. The molecule has 0 fully saturated rings. The molecule has 2 aromatic rings. The highest BCUT2D eigenvalue weighted by Crippen LogP contribution is 2.28. The van der Waals surface area contributed by atoms with E-state index in [0.717, 1.165) is 16.5 Å². The number of carbonyl (C=O) groups is 1. The maximum Gasteiger partial charge on any atom is 0.323 e. The second-order valence-corrected chi connectivity index (χ2v) is 4.10. The van der Waals surface area contributed by atoms with E-state index in [-0.39, 0.29) is 5.69 Å². The number of aryl methyl sites for hydroxylation is 1. The highest BCUT2D eigenvalue weighted by atomic mass is 19.1. The van der Waals surface area contributed by atoms with Crippen molar-refractivity contribution in [3.8, 4) is 0 Å². The van der Waals surface area contributed by atoms with Crippen molar-refractivity contribution in [3.05, 3.63) is 59.7 Å². The van der Waals surface area contributed by atoms with Crippen molar-refractivity contribution in [1.29, 1.82) is 0 Å². The lowest BCUT2D eigenvalue weighted by Crippen LogP contribution is -2.32. The Bertz CT molecular complexity index is 611. The van der Waals surface area contributed by atoms with E-state index in [1.807, 2.05) is 6.92 Å². The quantitative estimate of drug-likeness (QED) is 0.884. The molecule has 0 saturated carbocycles.